The Hall–Kier alpha value is -3.84. The molecule has 0 saturated heterocycles. The molecule has 2 aromatic carbocycles. The number of halogens is 1. The number of rotatable bonds is 4. The molecule has 0 aliphatic heterocycles. The molecule has 8 heteroatoms. The number of amides is 1. The Morgan fingerprint density at radius 2 is 1.80 bits per heavy atom. The monoisotopic (exact) mass is 418 g/mol. The molecule has 1 N–H and O–H groups in total. The van der Waals surface area contributed by atoms with Gasteiger partial charge in [-0.25, -0.2) is 9.97 Å². The van der Waals surface area contributed by atoms with Gasteiger partial charge in [-0.2, -0.15) is 0 Å². The van der Waals surface area contributed by atoms with E-state index in [0.29, 0.717) is 32.7 Å². The van der Waals surface area contributed by atoms with Gasteiger partial charge in [0.15, 0.2) is 0 Å². The van der Waals surface area contributed by atoms with Crippen molar-refractivity contribution in [3.63, 3.8) is 0 Å². The lowest BCUT2D eigenvalue weighted by molar-refractivity contribution is -0.385. The summed E-state index contributed by atoms with van der Waals surface area (Å²) in [6.07, 6.45) is 1.10. The van der Waals surface area contributed by atoms with Crippen molar-refractivity contribution in [2.75, 3.05) is 5.32 Å². The van der Waals surface area contributed by atoms with Gasteiger partial charge in [-0.15, -0.1) is 0 Å². The van der Waals surface area contributed by atoms with Gasteiger partial charge < -0.3 is 5.32 Å². The van der Waals surface area contributed by atoms with Crippen LogP contribution in [0.25, 0.3) is 22.2 Å². The topological polar surface area (TPSA) is 98.0 Å². The van der Waals surface area contributed by atoms with E-state index >= 15 is 0 Å². The second-order valence-corrected chi connectivity index (χ2v) is 7.03. The first-order valence-corrected chi connectivity index (χ1v) is 9.39. The van der Waals surface area contributed by atoms with E-state index in [2.05, 4.69) is 10.3 Å². The Bertz CT molecular complexity index is 1270. The van der Waals surface area contributed by atoms with Crippen molar-refractivity contribution in [2.24, 2.45) is 0 Å². The van der Waals surface area contributed by atoms with Crippen LogP contribution in [0.4, 0.5) is 11.5 Å². The molecule has 30 heavy (non-hydrogen) atoms. The Balaban J connectivity index is 1.80. The summed E-state index contributed by atoms with van der Waals surface area (Å²) < 4.78 is 0. The number of fused-ring (bicyclic) bond motifs is 1. The van der Waals surface area contributed by atoms with Crippen molar-refractivity contribution >= 4 is 39.9 Å². The Morgan fingerprint density at radius 1 is 1.07 bits per heavy atom. The van der Waals surface area contributed by atoms with Crippen LogP contribution in [0.5, 0.6) is 0 Å². The van der Waals surface area contributed by atoms with Gasteiger partial charge in [-0.1, -0.05) is 41.9 Å². The van der Waals surface area contributed by atoms with E-state index in [1.165, 1.54) is 12.1 Å². The molecular formula is C22H15ClN4O3. The van der Waals surface area contributed by atoms with Crippen molar-refractivity contribution in [3.05, 3.63) is 93.1 Å². The maximum absolute atomic E-state index is 13.2. The summed E-state index contributed by atoms with van der Waals surface area (Å²) in [5, 5.41) is 14.8. The lowest BCUT2D eigenvalue weighted by atomic mass is 9.97. The van der Waals surface area contributed by atoms with Crippen LogP contribution in [0, 0.1) is 17.0 Å². The lowest BCUT2D eigenvalue weighted by Gasteiger charge is -2.14. The number of hydrogen-bond acceptors (Lipinski definition) is 5. The summed E-state index contributed by atoms with van der Waals surface area (Å²) in [6.45, 7) is 1.83. The largest absolute Gasteiger partial charge is 0.307 e. The number of carbonyl (C=O) groups is 1. The standard InChI is InChI=1S/C22H15ClN4O3/c1-13-20(22(28)26-19-11-10-16(12-24-19)27(29)30)17-4-2-3-5-18(17)25-21(13)14-6-8-15(23)9-7-14/h2-12H,1H3,(H,24,26,28). The molecule has 7 nitrogen and oxygen atoms in total. The van der Waals surface area contributed by atoms with E-state index < -0.39 is 4.92 Å². The molecule has 4 aromatic rings. The molecule has 0 radical (unpaired) electrons. The third kappa shape index (κ3) is 3.70. The normalized spacial score (nSPS) is 10.7. The van der Waals surface area contributed by atoms with E-state index in [0.717, 1.165) is 11.8 Å². The zero-order chi connectivity index (χ0) is 21.3. The van der Waals surface area contributed by atoms with Crippen LogP contribution in [-0.2, 0) is 0 Å². The number of nitrogens with zero attached hydrogens (tertiary/aromatic N) is 3. The zero-order valence-electron chi connectivity index (χ0n) is 15.8. The number of nitro groups is 1. The molecule has 0 saturated carbocycles. The second-order valence-electron chi connectivity index (χ2n) is 6.60. The lowest BCUT2D eigenvalue weighted by Crippen LogP contribution is -2.16. The van der Waals surface area contributed by atoms with Crippen LogP contribution < -0.4 is 5.32 Å². The van der Waals surface area contributed by atoms with E-state index in [9.17, 15) is 14.9 Å². The smallest absolute Gasteiger partial charge is 0.287 e. The van der Waals surface area contributed by atoms with Crippen LogP contribution in [0.3, 0.4) is 0 Å². The summed E-state index contributed by atoms with van der Waals surface area (Å²) in [5.41, 5.74) is 3.21. The summed E-state index contributed by atoms with van der Waals surface area (Å²) >= 11 is 6.00. The van der Waals surface area contributed by atoms with Gasteiger partial charge in [0.1, 0.15) is 12.0 Å². The Morgan fingerprint density at radius 3 is 2.47 bits per heavy atom. The van der Waals surface area contributed by atoms with E-state index in [-0.39, 0.29) is 17.4 Å². The molecule has 0 bridgehead atoms. The van der Waals surface area contributed by atoms with Crippen molar-refractivity contribution in [3.8, 4) is 11.3 Å². The molecule has 0 spiro atoms. The number of benzene rings is 2. The van der Waals surface area contributed by atoms with E-state index in [1.54, 1.807) is 12.1 Å². The summed E-state index contributed by atoms with van der Waals surface area (Å²) in [7, 11) is 0. The van der Waals surface area contributed by atoms with Crippen LogP contribution in [0.1, 0.15) is 15.9 Å². The summed E-state index contributed by atoms with van der Waals surface area (Å²) in [5.74, 6) is -0.151. The highest BCUT2D eigenvalue weighted by atomic mass is 35.5. The molecule has 2 aromatic heterocycles. The van der Waals surface area contributed by atoms with Crippen molar-refractivity contribution < 1.29 is 9.72 Å². The van der Waals surface area contributed by atoms with Crippen molar-refractivity contribution in [2.45, 2.75) is 6.92 Å². The first kappa shape index (κ1) is 19.5. The predicted molar refractivity (Wildman–Crippen MR) is 116 cm³/mol. The molecule has 0 fully saturated rings. The minimum atomic E-state index is -0.544. The Kier molecular flexibility index (Phi) is 5.12. The zero-order valence-corrected chi connectivity index (χ0v) is 16.6. The summed E-state index contributed by atoms with van der Waals surface area (Å²) in [6, 6.07) is 17.3. The summed E-state index contributed by atoms with van der Waals surface area (Å²) in [4.78, 5) is 32.1. The number of nitrogens with one attached hydrogen (secondary N) is 1. The average Bonchev–Trinajstić information content (AvgIpc) is 2.74. The first-order chi connectivity index (χ1) is 14.4. The quantitative estimate of drug-likeness (QED) is 0.352. The number of anilines is 1. The predicted octanol–water partition coefficient (Wildman–Crippen LogP) is 5.42. The number of para-hydroxylation sites is 1. The van der Waals surface area contributed by atoms with Gasteiger partial charge in [0.05, 0.1) is 21.7 Å². The van der Waals surface area contributed by atoms with Crippen LogP contribution >= 0.6 is 11.6 Å². The fraction of sp³-hybridized carbons (Fsp3) is 0.0455. The van der Waals surface area contributed by atoms with Gasteiger partial charge in [0.25, 0.3) is 11.6 Å². The highest BCUT2D eigenvalue weighted by Gasteiger charge is 2.19. The molecule has 148 valence electrons. The van der Waals surface area contributed by atoms with Crippen LogP contribution in [-0.4, -0.2) is 20.8 Å². The van der Waals surface area contributed by atoms with E-state index in [4.69, 9.17) is 16.6 Å². The van der Waals surface area contributed by atoms with Gasteiger partial charge in [0.2, 0.25) is 0 Å². The fourth-order valence-electron chi connectivity index (χ4n) is 3.24. The van der Waals surface area contributed by atoms with Crippen LogP contribution in [0.15, 0.2) is 66.9 Å². The maximum atomic E-state index is 13.2. The second kappa shape index (κ2) is 7.88. The number of hydrogen-bond donors (Lipinski definition) is 1. The highest BCUT2D eigenvalue weighted by molar-refractivity contribution is 6.30. The van der Waals surface area contributed by atoms with E-state index in [1.807, 2.05) is 43.3 Å². The molecule has 1 amide bonds. The molecule has 0 aliphatic rings. The third-order valence-electron chi connectivity index (χ3n) is 4.68. The number of aromatic nitrogens is 2. The molecule has 0 aliphatic carbocycles. The van der Waals surface area contributed by atoms with Gasteiger partial charge in [0, 0.05) is 22.0 Å². The SMILES string of the molecule is Cc1c(-c2ccc(Cl)cc2)nc2ccccc2c1C(=O)Nc1ccc([N+](=O)[O-])cn1. The first-order valence-electron chi connectivity index (χ1n) is 9.01. The van der Waals surface area contributed by atoms with Crippen molar-refractivity contribution in [1.82, 2.24) is 9.97 Å². The minimum absolute atomic E-state index is 0.149. The fourth-order valence-corrected chi connectivity index (χ4v) is 3.36. The van der Waals surface area contributed by atoms with Gasteiger partial charge >= 0.3 is 0 Å². The molecule has 0 atom stereocenters. The average molecular weight is 419 g/mol. The molecule has 4 rings (SSSR count). The number of carbonyl (C=O) groups excluding carboxylic acids is 1. The highest BCUT2D eigenvalue weighted by Crippen LogP contribution is 2.31. The molecule has 2 heterocycles. The Labute approximate surface area is 176 Å². The maximum Gasteiger partial charge on any atom is 0.287 e. The van der Waals surface area contributed by atoms with Gasteiger partial charge in [-0.05, 0) is 36.8 Å². The van der Waals surface area contributed by atoms with Crippen LogP contribution in [0.2, 0.25) is 5.02 Å². The molecular weight excluding hydrogens is 404 g/mol. The minimum Gasteiger partial charge on any atom is -0.307 e. The van der Waals surface area contributed by atoms with Crippen molar-refractivity contribution in [1.29, 1.82) is 0 Å². The third-order valence-corrected chi connectivity index (χ3v) is 4.93. The molecule has 0 unspecified atom stereocenters. The van der Waals surface area contributed by atoms with Gasteiger partial charge in [-0.3, -0.25) is 14.9 Å². The number of pyridine rings is 2.